The van der Waals surface area contributed by atoms with Gasteiger partial charge >= 0.3 is 0 Å². The fraction of sp³-hybridized carbons (Fsp3) is 0.0769. The lowest BCUT2D eigenvalue weighted by molar-refractivity contribution is 0.220. The molecule has 0 spiro atoms. The third-order valence-electron chi connectivity index (χ3n) is 1.85. The molecule has 0 aliphatic heterocycles. The van der Waals surface area contributed by atoms with Gasteiger partial charge in [-0.15, -0.1) is 0 Å². The summed E-state index contributed by atoms with van der Waals surface area (Å²) in [6.45, 7) is 0. The molecule has 2 rings (SSSR count). The van der Waals surface area contributed by atoms with Gasteiger partial charge in [-0.25, -0.2) is 0 Å². The van der Waals surface area contributed by atoms with Gasteiger partial charge in [-0.05, 0) is 11.1 Å². The number of hydrogen-bond acceptors (Lipinski definition) is 1. The van der Waals surface area contributed by atoms with Crippen molar-refractivity contribution in [3.05, 3.63) is 71.7 Å². The first-order chi connectivity index (χ1) is 8.85. The lowest BCUT2D eigenvalue weighted by atomic mass is 10.0. The molecule has 0 aliphatic carbocycles. The standard InChI is InChI=1S/C13H12O/c14-13(11-7-3-1-4-8-11)12-9-5-2-6-10-12/h1-10,13-14H/i1D,3D,4D,7D,13D. The third-order valence-corrected chi connectivity index (χ3v) is 1.85. The minimum Gasteiger partial charge on any atom is -0.384 e. The number of hydrogen-bond donors (Lipinski definition) is 1. The molecule has 0 amide bonds. The molecule has 1 unspecified atom stereocenters. The lowest BCUT2D eigenvalue weighted by Crippen LogP contribution is -1.98. The van der Waals surface area contributed by atoms with Crippen LogP contribution in [0, 0.1) is 0 Å². The van der Waals surface area contributed by atoms with Crippen LogP contribution >= 0.6 is 0 Å². The van der Waals surface area contributed by atoms with Crippen molar-refractivity contribution < 1.29 is 12.0 Å². The normalized spacial score (nSPS) is 19.6. The summed E-state index contributed by atoms with van der Waals surface area (Å²) < 4.78 is 38.4. The van der Waals surface area contributed by atoms with Gasteiger partial charge in [0.25, 0.3) is 0 Å². The van der Waals surface area contributed by atoms with E-state index >= 15 is 0 Å². The molecule has 0 radical (unpaired) electrons. The minimum absolute atomic E-state index is 0.162. The quantitative estimate of drug-likeness (QED) is 0.770. The molecule has 0 bridgehead atoms. The summed E-state index contributed by atoms with van der Waals surface area (Å²) in [4.78, 5) is 0. The fourth-order valence-corrected chi connectivity index (χ4v) is 1.16. The van der Waals surface area contributed by atoms with E-state index in [0.29, 0.717) is 0 Å². The smallest absolute Gasteiger partial charge is 0.104 e. The van der Waals surface area contributed by atoms with Gasteiger partial charge in [-0.2, -0.15) is 0 Å². The molecule has 1 heteroatoms. The molecule has 0 aromatic heterocycles. The van der Waals surface area contributed by atoms with Gasteiger partial charge in [-0.1, -0.05) is 60.6 Å². The first-order valence-corrected chi connectivity index (χ1v) is 4.21. The van der Waals surface area contributed by atoms with Gasteiger partial charge in [-0.3, -0.25) is 0 Å². The molecule has 70 valence electrons. The maximum atomic E-state index is 10.3. The molecule has 0 fully saturated rings. The van der Waals surface area contributed by atoms with Crippen molar-refractivity contribution >= 4 is 0 Å². The van der Waals surface area contributed by atoms with Crippen LogP contribution in [0.3, 0.4) is 0 Å². The summed E-state index contributed by atoms with van der Waals surface area (Å²) in [6, 6.07) is 7.70. The highest BCUT2D eigenvalue weighted by atomic mass is 16.3. The average Bonchev–Trinajstić information content (AvgIpc) is 2.41. The Morgan fingerprint density at radius 3 is 2.57 bits per heavy atom. The molecule has 1 atom stereocenters. The van der Waals surface area contributed by atoms with Crippen LogP contribution in [0.1, 0.15) is 24.1 Å². The highest BCUT2D eigenvalue weighted by molar-refractivity contribution is 5.29. The van der Waals surface area contributed by atoms with E-state index in [9.17, 15) is 5.11 Å². The van der Waals surface area contributed by atoms with E-state index in [4.69, 9.17) is 6.85 Å². The Bertz CT molecular complexity index is 610. The second-order valence-electron chi connectivity index (χ2n) is 2.79. The molecule has 1 N–H and O–H groups in total. The van der Waals surface area contributed by atoms with Crippen LogP contribution in [0.2, 0.25) is 0 Å². The van der Waals surface area contributed by atoms with E-state index in [1.54, 1.807) is 18.2 Å². The number of aliphatic hydroxyl groups is 1. The molecule has 0 heterocycles. The zero-order chi connectivity index (χ0) is 14.2. The summed E-state index contributed by atoms with van der Waals surface area (Å²) in [5.74, 6) is 0. The molecule has 14 heavy (non-hydrogen) atoms. The van der Waals surface area contributed by atoms with Gasteiger partial charge in [0.15, 0.2) is 0 Å². The first kappa shape index (κ1) is 4.76. The largest absolute Gasteiger partial charge is 0.384 e. The second kappa shape index (κ2) is 4.07. The fourth-order valence-electron chi connectivity index (χ4n) is 1.16. The molecule has 2 aromatic carbocycles. The SMILES string of the molecule is [2H]c1cc(C([2H])(O)c2ccccc2)c([2H])c([2H])c1[2H]. The zero-order valence-electron chi connectivity index (χ0n) is 12.4. The molecule has 0 saturated carbocycles. The maximum Gasteiger partial charge on any atom is 0.104 e. The lowest BCUT2D eigenvalue weighted by Gasteiger charge is -2.10. The van der Waals surface area contributed by atoms with E-state index in [1.165, 1.54) is 12.1 Å². The van der Waals surface area contributed by atoms with Crippen LogP contribution in [0.4, 0.5) is 0 Å². The van der Waals surface area contributed by atoms with Crippen molar-refractivity contribution in [2.75, 3.05) is 0 Å². The van der Waals surface area contributed by atoms with Gasteiger partial charge < -0.3 is 5.11 Å². The molecule has 2 aromatic rings. The molecule has 0 saturated heterocycles. The van der Waals surface area contributed by atoms with E-state index in [-0.39, 0.29) is 23.2 Å². The Kier molecular flexibility index (Phi) is 1.38. The molecular formula is C13H12O. The summed E-state index contributed by atoms with van der Waals surface area (Å²) in [5, 5.41) is 10.3. The molecule has 1 nitrogen and oxygen atoms in total. The van der Waals surface area contributed by atoms with Crippen LogP contribution in [-0.2, 0) is 0 Å². The minimum atomic E-state index is -2.21. The summed E-state index contributed by atoms with van der Waals surface area (Å²) in [6.07, 6.45) is -2.21. The van der Waals surface area contributed by atoms with Crippen LogP contribution < -0.4 is 0 Å². The monoisotopic (exact) mass is 189 g/mol. The van der Waals surface area contributed by atoms with Crippen LogP contribution in [0.5, 0.6) is 0 Å². The molecule has 0 aliphatic rings. The highest BCUT2D eigenvalue weighted by Gasteiger charge is 2.07. The Hall–Kier alpha value is -1.60. The van der Waals surface area contributed by atoms with E-state index in [1.807, 2.05) is 0 Å². The maximum absolute atomic E-state index is 10.3. The summed E-state index contributed by atoms with van der Waals surface area (Å²) in [7, 11) is 0. The zero-order valence-corrected chi connectivity index (χ0v) is 7.41. The van der Waals surface area contributed by atoms with Crippen molar-refractivity contribution in [3.8, 4) is 0 Å². The van der Waals surface area contributed by atoms with Gasteiger partial charge in [0.2, 0.25) is 0 Å². The van der Waals surface area contributed by atoms with E-state index < -0.39 is 18.2 Å². The second-order valence-corrected chi connectivity index (χ2v) is 2.79. The van der Waals surface area contributed by atoms with Gasteiger partial charge in [0.05, 0.1) is 6.85 Å². The van der Waals surface area contributed by atoms with Gasteiger partial charge in [0, 0.05) is 0 Å². The Balaban J connectivity index is 2.65. The van der Waals surface area contributed by atoms with Crippen molar-refractivity contribution in [2.45, 2.75) is 6.08 Å². The van der Waals surface area contributed by atoms with Gasteiger partial charge in [0.1, 0.15) is 6.08 Å². The number of benzene rings is 2. The van der Waals surface area contributed by atoms with Crippen LogP contribution in [0.15, 0.2) is 60.6 Å². The van der Waals surface area contributed by atoms with E-state index in [2.05, 4.69) is 0 Å². The van der Waals surface area contributed by atoms with Crippen molar-refractivity contribution in [2.24, 2.45) is 0 Å². The predicted molar refractivity (Wildman–Crippen MR) is 56.9 cm³/mol. The highest BCUT2D eigenvalue weighted by Crippen LogP contribution is 2.20. The van der Waals surface area contributed by atoms with Crippen LogP contribution in [-0.4, -0.2) is 5.11 Å². The average molecular weight is 189 g/mol. The third kappa shape index (κ3) is 1.83. The number of rotatable bonds is 2. The first-order valence-electron chi connectivity index (χ1n) is 6.71. The summed E-state index contributed by atoms with van der Waals surface area (Å²) in [5.41, 5.74) is 0.0877. The predicted octanol–water partition coefficient (Wildman–Crippen LogP) is 2.77. The molecular weight excluding hydrogens is 172 g/mol. The van der Waals surface area contributed by atoms with Crippen molar-refractivity contribution in [3.63, 3.8) is 0 Å². The Morgan fingerprint density at radius 2 is 1.79 bits per heavy atom. The topological polar surface area (TPSA) is 20.2 Å². The van der Waals surface area contributed by atoms with Crippen molar-refractivity contribution in [1.82, 2.24) is 0 Å². The Labute approximate surface area is 90.7 Å². The van der Waals surface area contributed by atoms with Crippen LogP contribution in [0.25, 0.3) is 0 Å². The van der Waals surface area contributed by atoms with Crippen molar-refractivity contribution in [1.29, 1.82) is 0 Å². The van der Waals surface area contributed by atoms with E-state index in [0.717, 1.165) is 6.07 Å². The summed E-state index contributed by atoms with van der Waals surface area (Å²) >= 11 is 0. The Morgan fingerprint density at radius 1 is 1.00 bits per heavy atom.